The lowest BCUT2D eigenvalue weighted by Crippen LogP contribution is -2.01. The zero-order valence-corrected chi connectivity index (χ0v) is 11.8. The van der Waals surface area contributed by atoms with Gasteiger partial charge in [0, 0.05) is 28.7 Å². The van der Waals surface area contributed by atoms with E-state index in [2.05, 4.69) is 15.9 Å². The van der Waals surface area contributed by atoms with E-state index in [1.54, 1.807) is 18.2 Å². The van der Waals surface area contributed by atoms with Crippen LogP contribution in [0.2, 0.25) is 0 Å². The average molecular weight is 341 g/mol. The molecule has 2 rings (SSSR count). The number of ether oxygens (including phenoxy) is 1. The number of benzene rings is 2. The van der Waals surface area contributed by atoms with Crippen LogP contribution in [0.5, 0.6) is 11.5 Å². The summed E-state index contributed by atoms with van der Waals surface area (Å²) in [7, 11) is 0. The van der Waals surface area contributed by atoms with Gasteiger partial charge in [-0.15, -0.1) is 0 Å². The fourth-order valence-corrected chi connectivity index (χ4v) is 1.97. The molecule has 0 aliphatic rings. The van der Waals surface area contributed by atoms with Gasteiger partial charge in [0.15, 0.2) is 0 Å². The Hall–Kier alpha value is -1.99. The lowest BCUT2D eigenvalue weighted by atomic mass is 10.2. The van der Waals surface area contributed by atoms with Crippen LogP contribution < -0.4 is 10.5 Å². The van der Waals surface area contributed by atoms with Crippen molar-refractivity contribution in [3.05, 3.63) is 62.4 Å². The standard InChI is InChI=1S/C13H10BrFN2O3/c14-9-2-1-8(7-16)12(5-9)20-13-6-10(15)3-4-11(13)17(18)19/h1-6H,7,16H2. The second-order valence-electron chi connectivity index (χ2n) is 3.93. The normalized spacial score (nSPS) is 10.3. The van der Waals surface area contributed by atoms with Crippen molar-refractivity contribution in [3.8, 4) is 11.5 Å². The third kappa shape index (κ3) is 3.12. The van der Waals surface area contributed by atoms with Gasteiger partial charge in [0.25, 0.3) is 0 Å². The monoisotopic (exact) mass is 340 g/mol. The smallest absolute Gasteiger partial charge is 0.311 e. The van der Waals surface area contributed by atoms with E-state index in [9.17, 15) is 14.5 Å². The van der Waals surface area contributed by atoms with Gasteiger partial charge in [-0.1, -0.05) is 22.0 Å². The minimum absolute atomic E-state index is 0.164. The van der Waals surface area contributed by atoms with E-state index in [-0.39, 0.29) is 18.0 Å². The molecular weight excluding hydrogens is 331 g/mol. The maximum Gasteiger partial charge on any atom is 0.311 e. The Labute approximate surface area is 122 Å². The van der Waals surface area contributed by atoms with E-state index in [0.29, 0.717) is 11.3 Å². The van der Waals surface area contributed by atoms with Crippen LogP contribution in [0.4, 0.5) is 10.1 Å². The molecule has 0 bridgehead atoms. The first-order valence-corrected chi connectivity index (χ1v) is 6.41. The SMILES string of the molecule is NCc1ccc(Br)cc1Oc1cc(F)ccc1[N+](=O)[O-]. The van der Waals surface area contributed by atoms with Crippen LogP contribution in [0.1, 0.15) is 5.56 Å². The molecule has 0 amide bonds. The molecule has 2 aromatic rings. The van der Waals surface area contributed by atoms with E-state index in [4.69, 9.17) is 10.5 Å². The van der Waals surface area contributed by atoms with Gasteiger partial charge in [-0.25, -0.2) is 4.39 Å². The molecule has 0 aliphatic heterocycles. The number of nitro groups is 1. The molecule has 0 aliphatic carbocycles. The topological polar surface area (TPSA) is 78.4 Å². The second kappa shape index (κ2) is 5.98. The summed E-state index contributed by atoms with van der Waals surface area (Å²) >= 11 is 3.27. The van der Waals surface area contributed by atoms with Gasteiger partial charge < -0.3 is 10.5 Å². The first-order chi connectivity index (χ1) is 9.51. The highest BCUT2D eigenvalue weighted by atomic mass is 79.9. The van der Waals surface area contributed by atoms with E-state index in [0.717, 1.165) is 22.7 Å². The lowest BCUT2D eigenvalue weighted by molar-refractivity contribution is -0.385. The number of nitrogens with zero attached hydrogens (tertiary/aromatic N) is 1. The van der Waals surface area contributed by atoms with Gasteiger partial charge in [-0.05, 0) is 18.2 Å². The van der Waals surface area contributed by atoms with Crippen molar-refractivity contribution in [2.75, 3.05) is 0 Å². The zero-order valence-electron chi connectivity index (χ0n) is 10.2. The number of halogens is 2. The molecule has 5 nitrogen and oxygen atoms in total. The van der Waals surface area contributed by atoms with Crippen LogP contribution >= 0.6 is 15.9 Å². The molecule has 2 aromatic carbocycles. The van der Waals surface area contributed by atoms with Crippen molar-refractivity contribution in [1.82, 2.24) is 0 Å². The zero-order chi connectivity index (χ0) is 14.7. The highest BCUT2D eigenvalue weighted by Gasteiger charge is 2.17. The minimum atomic E-state index is -0.630. The molecule has 0 heterocycles. The van der Waals surface area contributed by atoms with Gasteiger partial charge in [-0.3, -0.25) is 10.1 Å². The van der Waals surface area contributed by atoms with Gasteiger partial charge in [-0.2, -0.15) is 0 Å². The molecule has 0 fully saturated rings. The number of rotatable bonds is 4. The fourth-order valence-electron chi connectivity index (χ4n) is 1.63. The second-order valence-corrected chi connectivity index (χ2v) is 4.84. The Morgan fingerprint density at radius 2 is 2.00 bits per heavy atom. The van der Waals surface area contributed by atoms with E-state index >= 15 is 0 Å². The molecule has 104 valence electrons. The third-order valence-corrected chi connectivity index (χ3v) is 3.08. The Morgan fingerprint density at radius 1 is 1.25 bits per heavy atom. The summed E-state index contributed by atoms with van der Waals surface area (Å²) in [6.45, 7) is 0.200. The molecule has 0 radical (unpaired) electrons. The first kappa shape index (κ1) is 14.4. The van der Waals surface area contributed by atoms with Crippen LogP contribution in [-0.2, 0) is 6.54 Å². The number of nitro benzene ring substituents is 1. The van der Waals surface area contributed by atoms with Crippen molar-refractivity contribution in [1.29, 1.82) is 0 Å². The molecule has 0 unspecified atom stereocenters. The molecule has 0 aromatic heterocycles. The molecule has 2 N–H and O–H groups in total. The summed E-state index contributed by atoms with van der Waals surface area (Å²) in [5, 5.41) is 10.9. The summed E-state index contributed by atoms with van der Waals surface area (Å²) in [4.78, 5) is 10.3. The lowest BCUT2D eigenvalue weighted by Gasteiger charge is -2.10. The Kier molecular flexibility index (Phi) is 4.31. The molecule has 0 saturated carbocycles. The van der Waals surface area contributed by atoms with Crippen molar-refractivity contribution >= 4 is 21.6 Å². The Morgan fingerprint density at radius 3 is 2.65 bits per heavy atom. The van der Waals surface area contributed by atoms with E-state index in [1.807, 2.05) is 0 Å². The van der Waals surface area contributed by atoms with Crippen molar-refractivity contribution < 1.29 is 14.1 Å². The molecule has 0 saturated heterocycles. The molecule has 20 heavy (non-hydrogen) atoms. The summed E-state index contributed by atoms with van der Waals surface area (Å²) in [6.07, 6.45) is 0. The van der Waals surface area contributed by atoms with Crippen LogP contribution in [0.15, 0.2) is 40.9 Å². The maximum absolute atomic E-state index is 13.2. The molecule has 0 spiro atoms. The molecular formula is C13H10BrFN2O3. The number of hydrogen-bond donors (Lipinski definition) is 1. The first-order valence-electron chi connectivity index (χ1n) is 5.61. The number of nitrogens with two attached hydrogens (primary N) is 1. The van der Waals surface area contributed by atoms with Crippen LogP contribution in [0.25, 0.3) is 0 Å². The van der Waals surface area contributed by atoms with E-state index in [1.165, 1.54) is 0 Å². The summed E-state index contributed by atoms with van der Waals surface area (Å²) < 4.78 is 19.4. The van der Waals surface area contributed by atoms with Crippen molar-refractivity contribution in [2.45, 2.75) is 6.54 Å². The van der Waals surface area contributed by atoms with Gasteiger partial charge in [0.1, 0.15) is 11.6 Å². The third-order valence-electron chi connectivity index (χ3n) is 2.59. The van der Waals surface area contributed by atoms with Crippen molar-refractivity contribution in [3.63, 3.8) is 0 Å². The molecule has 0 atom stereocenters. The molecule has 7 heteroatoms. The highest BCUT2D eigenvalue weighted by Crippen LogP contribution is 2.34. The Bertz CT molecular complexity index is 664. The summed E-state index contributed by atoms with van der Waals surface area (Å²) in [6, 6.07) is 8.16. The maximum atomic E-state index is 13.2. The van der Waals surface area contributed by atoms with E-state index < -0.39 is 10.7 Å². The average Bonchev–Trinajstić information content (AvgIpc) is 2.38. The van der Waals surface area contributed by atoms with Crippen LogP contribution in [-0.4, -0.2) is 4.92 Å². The van der Waals surface area contributed by atoms with Crippen molar-refractivity contribution in [2.24, 2.45) is 5.73 Å². The number of hydrogen-bond acceptors (Lipinski definition) is 4. The van der Waals surface area contributed by atoms with Gasteiger partial charge >= 0.3 is 5.69 Å². The van der Waals surface area contributed by atoms with Gasteiger partial charge in [0.2, 0.25) is 5.75 Å². The largest absolute Gasteiger partial charge is 0.450 e. The quantitative estimate of drug-likeness (QED) is 0.679. The predicted octanol–water partition coefficient (Wildman–Crippen LogP) is 3.75. The predicted molar refractivity (Wildman–Crippen MR) is 75.2 cm³/mol. The fraction of sp³-hybridized carbons (Fsp3) is 0.0769. The van der Waals surface area contributed by atoms with Crippen LogP contribution in [0, 0.1) is 15.9 Å². The summed E-state index contributed by atoms with van der Waals surface area (Å²) in [5.74, 6) is -0.437. The highest BCUT2D eigenvalue weighted by molar-refractivity contribution is 9.10. The minimum Gasteiger partial charge on any atom is -0.450 e. The Balaban J connectivity index is 2.46. The summed E-state index contributed by atoms with van der Waals surface area (Å²) in [5.41, 5.74) is 5.93. The van der Waals surface area contributed by atoms with Gasteiger partial charge in [0.05, 0.1) is 4.92 Å². The van der Waals surface area contributed by atoms with Crippen LogP contribution in [0.3, 0.4) is 0 Å².